The highest BCUT2D eigenvalue weighted by Crippen LogP contribution is 2.50. The molecule has 4 aromatic rings. The second-order valence-electron chi connectivity index (χ2n) is 7.84. The van der Waals surface area contributed by atoms with Crippen LogP contribution in [0.5, 0.6) is 5.75 Å². The van der Waals surface area contributed by atoms with E-state index in [0.717, 1.165) is 33.7 Å². The van der Waals surface area contributed by atoms with Crippen molar-refractivity contribution in [3.63, 3.8) is 0 Å². The first kappa shape index (κ1) is 17.9. The summed E-state index contributed by atoms with van der Waals surface area (Å²) in [4.78, 5) is 4.44. The minimum Gasteiger partial charge on any atom is -0.480 e. The van der Waals surface area contributed by atoms with Crippen LogP contribution in [-0.4, -0.2) is 14.8 Å². The number of fused-ring (bicyclic) bond motifs is 3. The van der Waals surface area contributed by atoms with Crippen LogP contribution in [-0.2, 0) is 0 Å². The summed E-state index contributed by atoms with van der Waals surface area (Å²) < 4.78 is 22.1. The molecule has 1 aromatic heterocycles. The Morgan fingerprint density at radius 3 is 2.48 bits per heavy atom. The highest BCUT2D eigenvalue weighted by molar-refractivity contribution is 5.85. The van der Waals surface area contributed by atoms with E-state index >= 15 is 0 Å². The molecule has 5 nitrogen and oxygen atoms in total. The maximum absolute atomic E-state index is 13.7. The van der Waals surface area contributed by atoms with Gasteiger partial charge >= 0.3 is 0 Å². The Kier molecular flexibility index (Phi) is 3.93. The Morgan fingerprint density at radius 2 is 1.68 bits per heavy atom. The van der Waals surface area contributed by atoms with Gasteiger partial charge < -0.3 is 10.1 Å². The topological polar surface area (TPSA) is 52.0 Å². The van der Waals surface area contributed by atoms with Crippen molar-refractivity contribution in [2.45, 2.75) is 19.1 Å². The van der Waals surface area contributed by atoms with Crippen LogP contribution in [0.3, 0.4) is 0 Å². The summed E-state index contributed by atoms with van der Waals surface area (Å²) in [5.41, 5.74) is 6.11. The summed E-state index contributed by atoms with van der Waals surface area (Å²) in [6.07, 6.45) is 1.16. The average molecular weight is 410 g/mol. The number of halogens is 1. The first-order chi connectivity index (χ1) is 15.2. The van der Waals surface area contributed by atoms with Gasteiger partial charge in [0.25, 0.3) is 0 Å². The van der Waals surface area contributed by atoms with E-state index in [1.807, 2.05) is 28.9 Å². The van der Waals surface area contributed by atoms with E-state index in [4.69, 9.17) is 4.74 Å². The van der Waals surface area contributed by atoms with E-state index in [1.54, 1.807) is 18.5 Å². The van der Waals surface area contributed by atoms with Crippen molar-refractivity contribution in [2.75, 3.05) is 5.32 Å². The van der Waals surface area contributed by atoms with Crippen LogP contribution in [0.1, 0.15) is 34.4 Å². The van der Waals surface area contributed by atoms with Crippen LogP contribution in [0.25, 0.3) is 5.70 Å². The average Bonchev–Trinajstić information content (AvgIpc) is 3.27. The predicted molar refractivity (Wildman–Crippen MR) is 116 cm³/mol. The van der Waals surface area contributed by atoms with Crippen LogP contribution in [0.15, 0.2) is 84.7 Å². The summed E-state index contributed by atoms with van der Waals surface area (Å²) in [7, 11) is 0. The molecular formula is C25H19FN4O. The second kappa shape index (κ2) is 6.80. The number of para-hydroxylation sites is 1. The molecule has 0 unspecified atom stereocenters. The Morgan fingerprint density at radius 1 is 0.935 bits per heavy atom. The summed E-state index contributed by atoms with van der Waals surface area (Å²) in [5.74, 6) is 1.18. The molecule has 0 spiro atoms. The maximum Gasteiger partial charge on any atom is 0.226 e. The second-order valence-corrected chi connectivity index (χ2v) is 7.84. The number of rotatable bonds is 2. The van der Waals surface area contributed by atoms with E-state index in [0.29, 0.717) is 5.95 Å². The van der Waals surface area contributed by atoms with Gasteiger partial charge in [0, 0.05) is 11.1 Å². The summed E-state index contributed by atoms with van der Waals surface area (Å²) in [5, 5.41) is 7.99. The Balaban J connectivity index is 1.62. The van der Waals surface area contributed by atoms with Gasteiger partial charge in [0.05, 0.1) is 5.70 Å². The molecule has 31 heavy (non-hydrogen) atoms. The zero-order valence-corrected chi connectivity index (χ0v) is 16.8. The van der Waals surface area contributed by atoms with Gasteiger partial charge in [0.2, 0.25) is 5.95 Å². The van der Waals surface area contributed by atoms with Gasteiger partial charge in [-0.25, -0.2) is 9.07 Å². The number of anilines is 1. The van der Waals surface area contributed by atoms with Crippen molar-refractivity contribution in [2.24, 2.45) is 0 Å². The first-order valence-electron chi connectivity index (χ1n) is 10.2. The number of aryl methyl sites for hydroxylation is 1. The Bertz CT molecular complexity index is 1310. The molecule has 2 aliphatic rings. The van der Waals surface area contributed by atoms with Gasteiger partial charge in [-0.1, -0.05) is 54.1 Å². The maximum atomic E-state index is 13.7. The highest BCUT2D eigenvalue weighted by atomic mass is 19.1. The molecule has 6 rings (SSSR count). The van der Waals surface area contributed by atoms with Crippen LogP contribution in [0, 0.1) is 12.7 Å². The molecule has 0 aliphatic carbocycles. The molecule has 0 radical (unpaired) electrons. The third kappa shape index (κ3) is 2.83. The standard InChI is InChI=1S/C25H19FN4O/c1-15-6-8-16(9-7-15)23-21-22(29-25-27-14-28-30(23)25)19-4-2-3-5-20(19)31-24(21)17-10-12-18(26)13-11-17/h2-14,23-24H,1H3,(H,27,28,29)/t23-,24+/m1/s1. The largest absolute Gasteiger partial charge is 0.480 e. The van der Waals surface area contributed by atoms with Crippen molar-refractivity contribution in [3.8, 4) is 5.75 Å². The fraction of sp³-hybridized carbons (Fsp3) is 0.120. The molecule has 0 saturated carbocycles. The zero-order valence-electron chi connectivity index (χ0n) is 16.8. The molecule has 0 fully saturated rings. The molecule has 3 aromatic carbocycles. The lowest BCUT2D eigenvalue weighted by Crippen LogP contribution is -2.32. The molecule has 0 saturated heterocycles. The SMILES string of the molecule is Cc1ccc([C@@H]2C3=C(Nc4ncnn42)c2ccccc2O[C@H]3c2ccc(F)cc2)cc1. The zero-order chi connectivity index (χ0) is 20.9. The number of ether oxygens (including phenoxy) is 1. The minimum absolute atomic E-state index is 0.210. The normalized spacial score (nSPS) is 19.0. The lowest BCUT2D eigenvalue weighted by Gasteiger charge is -2.39. The number of hydrogen-bond acceptors (Lipinski definition) is 4. The Labute approximate surface area is 178 Å². The van der Waals surface area contributed by atoms with E-state index in [1.165, 1.54) is 17.7 Å². The highest BCUT2D eigenvalue weighted by Gasteiger charge is 2.40. The first-order valence-corrected chi connectivity index (χ1v) is 10.2. The third-order valence-corrected chi connectivity index (χ3v) is 5.89. The van der Waals surface area contributed by atoms with E-state index in [9.17, 15) is 4.39 Å². The van der Waals surface area contributed by atoms with Gasteiger partial charge in [-0.05, 0) is 42.3 Å². The van der Waals surface area contributed by atoms with Crippen molar-refractivity contribution < 1.29 is 9.13 Å². The molecule has 2 atom stereocenters. The molecule has 1 N–H and O–H groups in total. The fourth-order valence-corrected chi connectivity index (χ4v) is 4.40. The predicted octanol–water partition coefficient (Wildman–Crippen LogP) is 5.29. The summed E-state index contributed by atoms with van der Waals surface area (Å²) >= 11 is 0. The van der Waals surface area contributed by atoms with Gasteiger partial charge in [-0.15, -0.1) is 0 Å². The smallest absolute Gasteiger partial charge is 0.226 e. The lowest BCUT2D eigenvalue weighted by atomic mass is 9.84. The number of aromatic nitrogens is 3. The van der Waals surface area contributed by atoms with Crippen molar-refractivity contribution in [1.29, 1.82) is 0 Å². The van der Waals surface area contributed by atoms with Crippen LogP contribution < -0.4 is 10.1 Å². The lowest BCUT2D eigenvalue weighted by molar-refractivity contribution is 0.223. The Hall–Kier alpha value is -3.93. The number of benzene rings is 3. The van der Waals surface area contributed by atoms with Crippen molar-refractivity contribution in [3.05, 3.63) is 113 Å². The molecule has 0 bridgehead atoms. The number of nitrogens with one attached hydrogen (secondary N) is 1. The quantitative estimate of drug-likeness (QED) is 0.488. The minimum atomic E-state index is -0.401. The fourth-order valence-electron chi connectivity index (χ4n) is 4.40. The van der Waals surface area contributed by atoms with Crippen LogP contribution in [0.4, 0.5) is 10.3 Å². The van der Waals surface area contributed by atoms with E-state index in [2.05, 4.69) is 46.6 Å². The molecule has 3 heterocycles. The monoisotopic (exact) mass is 410 g/mol. The molecule has 2 aliphatic heterocycles. The third-order valence-electron chi connectivity index (χ3n) is 5.89. The summed E-state index contributed by atoms with van der Waals surface area (Å²) in [6.45, 7) is 2.07. The number of hydrogen-bond donors (Lipinski definition) is 1. The van der Waals surface area contributed by atoms with Gasteiger partial charge in [0.15, 0.2) is 0 Å². The van der Waals surface area contributed by atoms with Crippen LogP contribution in [0.2, 0.25) is 0 Å². The molecule has 6 heteroatoms. The number of nitrogens with zero attached hydrogens (tertiary/aromatic N) is 3. The van der Waals surface area contributed by atoms with Crippen molar-refractivity contribution in [1.82, 2.24) is 14.8 Å². The van der Waals surface area contributed by atoms with Gasteiger partial charge in [-0.2, -0.15) is 10.1 Å². The van der Waals surface area contributed by atoms with Gasteiger partial charge in [-0.3, -0.25) is 0 Å². The molecular weight excluding hydrogens is 391 g/mol. The molecule has 152 valence electrons. The molecule has 0 amide bonds. The van der Waals surface area contributed by atoms with E-state index in [-0.39, 0.29) is 11.9 Å². The van der Waals surface area contributed by atoms with E-state index < -0.39 is 6.10 Å². The van der Waals surface area contributed by atoms with Gasteiger partial charge in [0.1, 0.15) is 30.0 Å². The van der Waals surface area contributed by atoms with Crippen LogP contribution >= 0.6 is 0 Å². The van der Waals surface area contributed by atoms with Crippen molar-refractivity contribution >= 4 is 11.6 Å². The summed E-state index contributed by atoms with van der Waals surface area (Å²) in [6, 6.07) is 22.6.